The first-order valence-corrected chi connectivity index (χ1v) is 7.02. The van der Waals surface area contributed by atoms with Gasteiger partial charge in [-0.2, -0.15) is 0 Å². The molecule has 2 aromatic carbocycles. The summed E-state index contributed by atoms with van der Waals surface area (Å²) >= 11 is 5.75. The minimum Gasteiger partial charge on any atom is -0.480 e. The van der Waals surface area contributed by atoms with Gasteiger partial charge in [-0.1, -0.05) is 41.9 Å². The van der Waals surface area contributed by atoms with Gasteiger partial charge in [0, 0.05) is 17.0 Å². The van der Waals surface area contributed by atoms with Crippen molar-refractivity contribution in [3.63, 3.8) is 0 Å². The molecule has 2 rings (SSSR count). The van der Waals surface area contributed by atoms with Gasteiger partial charge in [0.25, 0.3) is 5.91 Å². The summed E-state index contributed by atoms with van der Waals surface area (Å²) in [5.41, 5.74) is 6.21. The molecule has 0 saturated carbocycles. The van der Waals surface area contributed by atoms with E-state index in [-0.39, 0.29) is 6.42 Å². The number of rotatable bonds is 6. The molecule has 0 spiro atoms. The van der Waals surface area contributed by atoms with Crippen molar-refractivity contribution in [2.75, 3.05) is 0 Å². The highest BCUT2D eigenvalue weighted by atomic mass is 35.5. The van der Waals surface area contributed by atoms with Crippen molar-refractivity contribution in [2.45, 2.75) is 12.5 Å². The number of carboxylic acid groups (broad SMARTS) is 1. The first kappa shape index (κ1) is 16.0. The predicted molar refractivity (Wildman–Crippen MR) is 83.6 cm³/mol. The molecule has 114 valence electrons. The van der Waals surface area contributed by atoms with Crippen LogP contribution < -0.4 is 10.9 Å². The quantitative estimate of drug-likeness (QED) is 0.714. The van der Waals surface area contributed by atoms with E-state index in [9.17, 15) is 14.7 Å². The van der Waals surface area contributed by atoms with Crippen LogP contribution in [0.2, 0.25) is 5.02 Å². The van der Waals surface area contributed by atoms with E-state index in [0.29, 0.717) is 10.6 Å². The highest BCUT2D eigenvalue weighted by molar-refractivity contribution is 6.30. The SMILES string of the molecule is O=C(NN[C@@H](Cc1ccccc1)C(=O)O)c1ccc(Cl)cc1. The lowest BCUT2D eigenvalue weighted by atomic mass is 10.1. The van der Waals surface area contributed by atoms with Crippen molar-refractivity contribution in [3.05, 3.63) is 70.7 Å². The van der Waals surface area contributed by atoms with Gasteiger partial charge in [0.05, 0.1) is 0 Å². The van der Waals surface area contributed by atoms with Crippen LogP contribution in [0.3, 0.4) is 0 Å². The highest BCUT2D eigenvalue weighted by Gasteiger charge is 2.18. The zero-order valence-electron chi connectivity index (χ0n) is 11.6. The molecule has 1 atom stereocenters. The summed E-state index contributed by atoms with van der Waals surface area (Å²) in [5, 5.41) is 9.75. The van der Waals surface area contributed by atoms with Gasteiger partial charge in [0.15, 0.2) is 0 Å². The minimum atomic E-state index is -1.04. The average Bonchev–Trinajstić information content (AvgIpc) is 2.52. The molecule has 0 radical (unpaired) electrons. The number of halogens is 1. The van der Waals surface area contributed by atoms with E-state index in [2.05, 4.69) is 10.9 Å². The number of carboxylic acids is 1. The summed E-state index contributed by atoms with van der Waals surface area (Å²) in [6.07, 6.45) is 0.261. The molecule has 22 heavy (non-hydrogen) atoms. The number of amides is 1. The Balaban J connectivity index is 1.95. The normalized spacial score (nSPS) is 11.7. The van der Waals surface area contributed by atoms with Gasteiger partial charge in [0.2, 0.25) is 0 Å². The average molecular weight is 319 g/mol. The standard InChI is InChI=1S/C16H15ClN2O3/c17-13-8-6-12(7-9-13)15(20)19-18-14(16(21)22)10-11-4-2-1-3-5-11/h1-9,14,18H,10H2,(H,19,20)(H,21,22)/t14-/m0/s1. The van der Waals surface area contributed by atoms with E-state index < -0.39 is 17.9 Å². The second kappa shape index (κ2) is 7.59. The summed E-state index contributed by atoms with van der Waals surface area (Å²) in [4.78, 5) is 23.2. The van der Waals surface area contributed by atoms with Crippen LogP contribution in [0, 0.1) is 0 Å². The largest absolute Gasteiger partial charge is 0.480 e. The van der Waals surface area contributed by atoms with Gasteiger partial charge in [-0.3, -0.25) is 15.0 Å². The number of carbonyl (C=O) groups is 2. The van der Waals surface area contributed by atoms with Gasteiger partial charge < -0.3 is 5.11 Å². The second-order valence-corrected chi connectivity index (χ2v) is 5.12. The molecule has 1 amide bonds. The summed E-state index contributed by atoms with van der Waals surface area (Å²) in [7, 11) is 0. The monoisotopic (exact) mass is 318 g/mol. The minimum absolute atomic E-state index is 0.261. The second-order valence-electron chi connectivity index (χ2n) is 4.69. The number of benzene rings is 2. The first-order chi connectivity index (χ1) is 10.6. The number of carbonyl (C=O) groups excluding carboxylic acids is 1. The van der Waals surface area contributed by atoms with Gasteiger partial charge in [0.1, 0.15) is 6.04 Å². The number of aliphatic carboxylic acids is 1. The fraction of sp³-hybridized carbons (Fsp3) is 0.125. The van der Waals surface area contributed by atoms with Crippen LogP contribution in [0.15, 0.2) is 54.6 Å². The predicted octanol–water partition coefficient (Wildman–Crippen LogP) is 2.27. The van der Waals surface area contributed by atoms with E-state index in [4.69, 9.17) is 11.6 Å². The van der Waals surface area contributed by atoms with E-state index in [0.717, 1.165) is 5.56 Å². The highest BCUT2D eigenvalue weighted by Crippen LogP contribution is 2.09. The van der Waals surface area contributed by atoms with E-state index in [1.54, 1.807) is 24.3 Å². The van der Waals surface area contributed by atoms with Crippen molar-refractivity contribution in [1.29, 1.82) is 0 Å². The molecule has 0 saturated heterocycles. The molecule has 5 nitrogen and oxygen atoms in total. The maximum atomic E-state index is 11.9. The van der Waals surface area contributed by atoms with E-state index in [1.807, 2.05) is 30.3 Å². The zero-order chi connectivity index (χ0) is 15.9. The van der Waals surface area contributed by atoms with Crippen molar-refractivity contribution in [2.24, 2.45) is 0 Å². The topological polar surface area (TPSA) is 78.4 Å². The van der Waals surface area contributed by atoms with Crippen molar-refractivity contribution in [1.82, 2.24) is 10.9 Å². The zero-order valence-corrected chi connectivity index (χ0v) is 12.4. The summed E-state index contributed by atoms with van der Waals surface area (Å²) < 4.78 is 0. The summed E-state index contributed by atoms with van der Waals surface area (Å²) in [6.45, 7) is 0. The Bertz CT molecular complexity index is 644. The van der Waals surface area contributed by atoms with Crippen LogP contribution in [0.25, 0.3) is 0 Å². The third-order valence-corrected chi connectivity index (χ3v) is 3.30. The van der Waals surface area contributed by atoms with Crippen LogP contribution in [0.1, 0.15) is 15.9 Å². The summed E-state index contributed by atoms with van der Waals surface area (Å²) in [6, 6.07) is 14.6. The summed E-state index contributed by atoms with van der Waals surface area (Å²) in [5.74, 6) is -1.46. The van der Waals surface area contributed by atoms with Gasteiger partial charge in [-0.25, -0.2) is 5.43 Å². The van der Waals surface area contributed by atoms with Crippen LogP contribution >= 0.6 is 11.6 Å². The van der Waals surface area contributed by atoms with Gasteiger partial charge >= 0.3 is 5.97 Å². The fourth-order valence-corrected chi connectivity index (χ4v) is 2.00. The number of hydrogen-bond acceptors (Lipinski definition) is 3. The molecule has 0 fully saturated rings. The van der Waals surface area contributed by atoms with Crippen LogP contribution in [0.4, 0.5) is 0 Å². The molecule has 0 unspecified atom stereocenters. The fourth-order valence-electron chi connectivity index (χ4n) is 1.88. The molecule has 0 aliphatic rings. The molecule has 3 N–H and O–H groups in total. The Labute approximate surface area is 132 Å². The molecule has 0 aliphatic heterocycles. The molecular formula is C16H15ClN2O3. The third-order valence-electron chi connectivity index (χ3n) is 3.05. The Morgan fingerprint density at radius 1 is 1.05 bits per heavy atom. The van der Waals surface area contributed by atoms with E-state index >= 15 is 0 Å². The molecule has 0 bridgehead atoms. The van der Waals surface area contributed by atoms with Crippen molar-refractivity contribution < 1.29 is 14.7 Å². The molecule has 2 aromatic rings. The smallest absolute Gasteiger partial charge is 0.322 e. The third kappa shape index (κ3) is 4.58. The van der Waals surface area contributed by atoms with Crippen LogP contribution in [-0.4, -0.2) is 23.0 Å². The Morgan fingerprint density at radius 3 is 2.27 bits per heavy atom. The van der Waals surface area contributed by atoms with Crippen molar-refractivity contribution >= 4 is 23.5 Å². The maximum absolute atomic E-state index is 11.9. The van der Waals surface area contributed by atoms with Crippen LogP contribution in [-0.2, 0) is 11.2 Å². The Morgan fingerprint density at radius 2 is 1.68 bits per heavy atom. The lowest BCUT2D eigenvalue weighted by Gasteiger charge is -2.15. The number of hydrazine groups is 1. The molecular weight excluding hydrogens is 304 g/mol. The van der Waals surface area contributed by atoms with Crippen LogP contribution in [0.5, 0.6) is 0 Å². The van der Waals surface area contributed by atoms with Gasteiger partial charge in [-0.15, -0.1) is 0 Å². The number of nitrogens with one attached hydrogen (secondary N) is 2. The Kier molecular flexibility index (Phi) is 5.52. The van der Waals surface area contributed by atoms with E-state index in [1.165, 1.54) is 0 Å². The maximum Gasteiger partial charge on any atom is 0.322 e. The van der Waals surface area contributed by atoms with Gasteiger partial charge in [-0.05, 0) is 29.8 Å². The van der Waals surface area contributed by atoms with Crippen molar-refractivity contribution in [3.8, 4) is 0 Å². The molecule has 0 heterocycles. The Hall–Kier alpha value is -2.37. The lowest BCUT2D eigenvalue weighted by Crippen LogP contribution is -2.49. The molecule has 0 aromatic heterocycles. The number of hydrogen-bond donors (Lipinski definition) is 3. The first-order valence-electron chi connectivity index (χ1n) is 6.64. The molecule has 6 heteroatoms. The lowest BCUT2D eigenvalue weighted by molar-refractivity contribution is -0.139. The molecule has 0 aliphatic carbocycles.